The van der Waals surface area contributed by atoms with E-state index in [-0.39, 0.29) is 0 Å². The Hall–Kier alpha value is -1.54. The van der Waals surface area contributed by atoms with Crippen LogP contribution in [0, 0.1) is 11.8 Å². The lowest BCUT2D eigenvalue weighted by Gasteiger charge is -2.24. The van der Waals surface area contributed by atoms with Gasteiger partial charge in [-0.3, -0.25) is 0 Å². The molecular weight excluding hydrogens is 258 g/mol. The SMILES string of the molecule is FC1(C#Cc2ccc(C(F)(F)F)cc2)CCNCC1. The highest BCUT2D eigenvalue weighted by Crippen LogP contribution is 2.29. The molecule has 0 aromatic heterocycles. The lowest BCUT2D eigenvalue weighted by atomic mass is 9.95. The first-order valence-electron chi connectivity index (χ1n) is 5.99. The molecule has 0 amide bonds. The van der Waals surface area contributed by atoms with Gasteiger partial charge in [-0.15, -0.1) is 0 Å². The van der Waals surface area contributed by atoms with Crippen LogP contribution in [0.3, 0.4) is 0 Å². The summed E-state index contributed by atoms with van der Waals surface area (Å²) in [6.07, 6.45) is -3.75. The lowest BCUT2D eigenvalue weighted by Crippen LogP contribution is -2.37. The van der Waals surface area contributed by atoms with Crippen LogP contribution in [0.15, 0.2) is 24.3 Å². The molecule has 0 bridgehead atoms. The van der Waals surface area contributed by atoms with Gasteiger partial charge in [-0.2, -0.15) is 13.2 Å². The second-order valence-electron chi connectivity index (χ2n) is 4.54. The highest BCUT2D eigenvalue weighted by Gasteiger charge is 2.30. The van der Waals surface area contributed by atoms with E-state index in [1.54, 1.807) is 0 Å². The van der Waals surface area contributed by atoms with E-state index >= 15 is 0 Å². The fraction of sp³-hybridized carbons (Fsp3) is 0.429. The van der Waals surface area contributed by atoms with E-state index < -0.39 is 17.4 Å². The third-order valence-corrected chi connectivity index (χ3v) is 3.04. The summed E-state index contributed by atoms with van der Waals surface area (Å²) < 4.78 is 51.2. The van der Waals surface area contributed by atoms with Crippen LogP contribution in [0.5, 0.6) is 0 Å². The number of alkyl halides is 4. The Morgan fingerprint density at radius 2 is 1.63 bits per heavy atom. The first kappa shape index (κ1) is 13.9. The minimum absolute atomic E-state index is 0.306. The summed E-state index contributed by atoms with van der Waals surface area (Å²) in [5.74, 6) is 5.15. The van der Waals surface area contributed by atoms with E-state index in [1.165, 1.54) is 12.1 Å². The number of benzene rings is 1. The number of rotatable bonds is 0. The molecule has 0 spiro atoms. The number of piperidine rings is 1. The van der Waals surface area contributed by atoms with Crippen molar-refractivity contribution in [3.05, 3.63) is 35.4 Å². The van der Waals surface area contributed by atoms with Gasteiger partial charge < -0.3 is 5.32 Å². The average Bonchev–Trinajstić information content (AvgIpc) is 2.37. The summed E-state index contributed by atoms with van der Waals surface area (Å²) in [6, 6.07) is 4.44. The van der Waals surface area contributed by atoms with Gasteiger partial charge in [0.1, 0.15) is 0 Å². The van der Waals surface area contributed by atoms with Crippen LogP contribution >= 0.6 is 0 Å². The van der Waals surface area contributed by atoms with Crippen molar-refractivity contribution < 1.29 is 17.6 Å². The second-order valence-corrected chi connectivity index (χ2v) is 4.54. The molecule has 1 fully saturated rings. The Bertz CT molecular complexity index is 487. The number of nitrogens with one attached hydrogen (secondary N) is 1. The van der Waals surface area contributed by atoms with Crippen LogP contribution in [0.25, 0.3) is 0 Å². The minimum atomic E-state index is -4.36. The quantitative estimate of drug-likeness (QED) is 0.564. The van der Waals surface area contributed by atoms with Crippen molar-refractivity contribution in [2.24, 2.45) is 0 Å². The predicted molar refractivity (Wildman–Crippen MR) is 64.3 cm³/mol. The lowest BCUT2D eigenvalue weighted by molar-refractivity contribution is -0.137. The van der Waals surface area contributed by atoms with Crippen LogP contribution in [-0.4, -0.2) is 18.8 Å². The van der Waals surface area contributed by atoms with E-state index in [9.17, 15) is 17.6 Å². The van der Waals surface area contributed by atoms with Crippen molar-refractivity contribution in [1.29, 1.82) is 0 Å². The van der Waals surface area contributed by atoms with E-state index in [0.29, 0.717) is 31.5 Å². The summed E-state index contributed by atoms with van der Waals surface area (Å²) in [4.78, 5) is 0. The van der Waals surface area contributed by atoms with Gasteiger partial charge in [0.15, 0.2) is 5.67 Å². The zero-order valence-corrected chi connectivity index (χ0v) is 10.1. The van der Waals surface area contributed by atoms with Gasteiger partial charge in [0.05, 0.1) is 5.56 Å². The molecule has 0 saturated carbocycles. The Morgan fingerprint density at radius 3 is 2.16 bits per heavy atom. The Kier molecular flexibility index (Phi) is 3.81. The largest absolute Gasteiger partial charge is 0.416 e. The average molecular weight is 271 g/mol. The highest BCUT2D eigenvalue weighted by atomic mass is 19.4. The third-order valence-electron chi connectivity index (χ3n) is 3.04. The summed E-state index contributed by atoms with van der Waals surface area (Å²) in [5, 5.41) is 3.03. The van der Waals surface area contributed by atoms with Crippen molar-refractivity contribution in [3.8, 4) is 11.8 Å². The van der Waals surface area contributed by atoms with Crippen LogP contribution in [-0.2, 0) is 6.18 Å². The molecule has 1 aromatic carbocycles. The number of hydrogen-bond donors (Lipinski definition) is 1. The van der Waals surface area contributed by atoms with Gasteiger partial charge in [-0.05, 0) is 37.4 Å². The zero-order valence-electron chi connectivity index (χ0n) is 10.1. The Labute approximate surface area is 109 Å². The molecule has 0 radical (unpaired) electrons. The van der Waals surface area contributed by atoms with Gasteiger partial charge in [0, 0.05) is 18.4 Å². The minimum Gasteiger partial charge on any atom is -0.316 e. The molecule has 0 aliphatic carbocycles. The normalized spacial score (nSPS) is 18.5. The van der Waals surface area contributed by atoms with Crippen molar-refractivity contribution in [2.45, 2.75) is 24.7 Å². The number of hydrogen-bond acceptors (Lipinski definition) is 1. The molecular formula is C14H13F4N. The summed E-state index contributed by atoms with van der Waals surface area (Å²) >= 11 is 0. The van der Waals surface area contributed by atoms with E-state index in [0.717, 1.165) is 12.1 Å². The van der Waals surface area contributed by atoms with E-state index in [1.807, 2.05) is 0 Å². The molecule has 5 heteroatoms. The van der Waals surface area contributed by atoms with Crippen LogP contribution in [0.4, 0.5) is 17.6 Å². The maximum Gasteiger partial charge on any atom is 0.416 e. The molecule has 19 heavy (non-hydrogen) atoms. The maximum absolute atomic E-state index is 14.1. The standard InChI is InChI=1S/C14H13F4N/c15-13(7-9-19-10-8-13)6-5-11-1-3-12(4-2-11)14(16,17)18/h1-4,19H,7-10H2. The molecule has 102 valence electrons. The fourth-order valence-corrected chi connectivity index (χ4v) is 1.87. The molecule has 0 atom stereocenters. The molecule has 2 rings (SSSR count). The fourth-order valence-electron chi connectivity index (χ4n) is 1.87. The van der Waals surface area contributed by atoms with Gasteiger partial charge in [-0.25, -0.2) is 4.39 Å². The molecule has 1 nitrogen and oxygen atoms in total. The highest BCUT2D eigenvalue weighted by molar-refractivity contribution is 5.38. The van der Waals surface area contributed by atoms with Gasteiger partial charge in [0.25, 0.3) is 0 Å². The first-order valence-corrected chi connectivity index (χ1v) is 5.99. The van der Waals surface area contributed by atoms with Gasteiger partial charge in [-0.1, -0.05) is 11.8 Å². The third kappa shape index (κ3) is 3.71. The smallest absolute Gasteiger partial charge is 0.316 e. The molecule has 1 aromatic rings. The van der Waals surface area contributed by atoms with Crippen molar-refractivity contribution in [2.75, 3.05) is 13.1 Å². The Morgan fingerprint density at radius 1 is 1.05 bits per heavy atom. The van der Waals surface area contributed by atoms with Crippen LogP contribution < -0.4 is 5.32 Å². The molecule has 1 aliphatic heterocycles. The van der Waals surface area contributed by atoms with Crippen molar-refractivity contribution >= 4 is 0 Å². The van der Waals surface area contributed by atoms with E-state index in [2.05, 4.69) is 17.2 Å². The topological polar surface area (TPSA) is 12.0 Å². The van der Waals surface area contributed by atoms with Crippen molar-refractivity contribution in [3.63, 3.8) is 0 Å². The first-order chi connectivity index (χ1) is 8.89. The maximum atomic E-state index is 14.1. The summed E-state index contributed by atoms with van der Waals surface area (Å²) in [5.41, 5.74) is -1.87. The van der Waals surface area contributed by atoms with Crippen molar-refractivity contribution in [1.82, 2.24) is 5.32 Å². The molecule has 1 heterocycles. The van der Waals surface area contributed by atoms with Gasteiger partial charge in [0.2, 0.25) is 0 Å². The predicted octanol–water partition coefficient (Wildman–Crippen LogP) is 3.15. The summed E-state index contributed by atoms with van der Waals surface area (Å²) in [7, 11) is 0. The summed E-state index contributed by atoms with van der Waals surface area (Å²) in [6.45, 7) is 1.14. The molecule has 1 N–H and O–H groups in total. The molecule has 1 aliphatic rings. The molecule has 1 saturated heterocycles. The van der Waals surface area contributed by atoms with Gasteiger partial charge >= 0.3 is 6.18 Å². The second kappa shape index (κ2) is 5.22. The number of halogens is 4. The monoisotopic (exact) mass is 271 g/mol. The zero-order chi connectivity index (χ0) is 13.9. The molecule has 0 unspecified atom stereocenters. The van der Waals surface area contributed by atoms with Crippen LogP contribution in [0.1, 0.15) is 24.0 Å². The van der Waals surface area contributed by atoms with Crippen LogP contribution in [0.2, 0.25) is 0 Å². The van der Waals surface area contributed by atoms with E-state index in [4.69, 9.17) is 0 Å². The Balaban J connectivity index is 2.12.